The molecule has 0 fully saturated rings. The van der Waals surface area contributed by atoms with Gasteiger partial charge in [0.1, 0.15) is 23.2 Å². The van der Waals surface area contributed by atoms with Crippen molar-refractivity contribution >= 4 is 22.0 Å². The zero-order valence-corrected chi connectivity index (χ0v) is 15.9. The van der Waals surface area contributed by atoms with Crippen LogP contribution in [0.1, 0.15) is 41.0 Å². The van der Waals surface area contributed by atoms with E-state index in [9.17, 15) is 33.3 Å². The predicted octanol–water partition coefficient (Wildman–Crippen LogP) is 0.170. The SMILES string of the molecule is COc1cc(O)c2c(c1)C(=O)C1=C(C2=O)[C@](C)(O)C[C@@](C)(OS(=O)(=O)O)[C@@H]1O. The van der Waals surface area contributed by atoms with Crippen LogP contribution in [-0.2, 0) is 14.6 Å². The molecule has 1 aromatic carbocycles. The Hall–Kier alpha value is -2.31. The quantitative estimate of drug-likeness (QED) is 0.500. The number of fused-ring (bicyclic) bond motifs is 1. The molecule has 0 amide bonds. The number of carbonyl (C=O) groups is 2. The van der Waals surface area contributed by atoms with E-state index in [-0.39, 0.29) is 16.9 Å². The predicted molar refractivity (Wildman–Crippen MR) is 92.6 cm³/mol. The van der Waals surface area contributed by atoms with Crippen LogP contribution in [0.2, 0.25) is 0 Å². The maximum absolute atomic E-state index is 13.1. The Balaban J connectivity index is 2.27. The standard InChI is InChI=1S/C17H18O10S/c1-16(22)6-17(2,27-28(23,24)25)15(21)11-12(16)14(20)10-8(13(11)19)4-7(26-3)5-9(10)18/h4-5,15,18,21-22H,6H2,1-3H3,(H,23,24,25)/t15-,16-,17-/m1/s1. The van der Waals surface area contributed by atoms with E-state index in [1.165, 1.54) is 13.2 Å². The molecular weight excluding hydrogens is 396 g/mol. The number of aliphatic hydroxyl groups is 2. The molecule has 0 bridgehead atoms. The maximum atomic E-state index is 13.1. The average molecular weight is 414 g/mol. The lowest BCUT2D eigenvalue weighted by molar-refractivity contribution is -0.0842. The third-order valence-corrected chi connectivity index (χ3v) is 5.51. The van der Waals surface area contributed by atoms with Crippen LogP contribution in [0.3, 0.4) is 0 Å². The molecule has 152 valence electrons. The molecule has 0 saturated carbocycles. The van der Waals surface area contributed by atoms with Gasteiger partial charge in [-0.3, -0.25) is 14.1 Å². The normalized spacial score (nSPS) is 30.1. The first-order chi connectivity index (χ1) is 12.7. The Morgan fingerprint density at radius 2 is 1.79 bits per heavy atom. The number of methoxy groups -OCH3 is 1. The number of rotatable bonds is 3. The molecule has 1 aromatic rings. The molecule has 0 spiro atoms. The number of carbonyl (C=O) groups excluding carboxylic acids is 2. The Kier molecular flexibility index (Phi) is 4.44. The third kappa shape index (κ3) is 3.01. The molecule has 0 heterocycles. The molecule has 0 saturated heterocycles. The van der Waals surface area contributed by atoms with E-state index < -0.39 is 62.6 Å². The number of ether oxygens (including phenoxy) is 1. The first-order valence-corrected chi connectivity index (χ1v) is 9.42. The van der Waals surface area contributed by atoms with Gasteiger partial charge in [0.15, 0.2) is 11.6 Å². The molecule has 28 heavy (non-hydrogen) atoms. The van der Waals surface area contributed by atoms with E-state index >= 15 is 0 Å². The lowest BCUT2D eigenvalue weighted by atomic mass is 9.65. The summed E-state index contributed by atoms with van der Waals surface area (Å²) in [5, 5.41) is 31.7. The van der Waals surface area contributed by atoms with Crippen molar-refractivity contribution in [3.8, 4) is 11.5 Å². The number of hydrogen-bond donors (Lipinski definition) is 4. The average Bonchev–Trinajstić information content (AvgIpc) is 2.52. The van der Waals surface area contributed by atoms with Gasteiger partial charge in [0.05, 0.1) is 18.3 Å². The minimum absolute atomic E-state index is 0.0652. The van der Waals surface area contributed by atoms with Crippen LogP contribution in [0.25, 0.3) is 0 Å². The fourth-order valence-electron chi connectivity index (χ4n) is 3.93. The summed E-state index contributed by atoms with van der Waals surface area (Å²) in [5.74, 6) is -2.30. The van der Waals surface area contributed by atoms with Crippen molar-refractivity contribution in [2.24, 2.45) is 0 Å². The second-order valence-corrected chi connectivity index (χ2v) is 8.22. The van der Waals surface area contributed by atoms with Crippen LogP contribution in [0.15, 0.2) is 23.3 Å². The highest BCUT2D eigenvalue weighted by Gasteiger charge is 2.57. The molecule has 2 aliphatic carbocycles. The number of ketones is 2. The van der Waals surface area contributed by atoms with Crippen molar-refractivity contribution in [3.63, 3.8) is 0 Å². The van der Waals surface area contributed by atoms with Crippen LogP contribution in [0.5, 0.6) is 11.5 Å². The zero-order chi connectivity index (χ0) is 21.2. The number of aliphatic hydroxyl groups excluding tert-OH is 1. The van der Waals surface area contributed by atoms with Crippen molar-refractivity contribution < 1.29 is 46.8 Å². The van der Waals surface area contributed by atoms with Crippen molar-refractivity contribution in [3.05, 3.63) is 34.4 Å². The number of aromatic hydroxyl groups is 1. The van der Waals surface area contributed by atoms with Gasteiger partial charge in [0.2, 0.25) is 0 Å². The molecule has 0 aromatic heterocycles. The molecule has 3 atom stereocenters. The van der Waals surface area contributed by atoms with E-state index in [0.29, 0.717) is 0 Å². The summed E-state index contributed by atoms with van der Waals surface area (Å²) in [5.41, 5.74) is -5.94. The first-order valence-electron chi connectivity index (χ1n) is 8.05. The highest BCUT2D eigenvalue weighted by molar-refractivity contribution is 7.80. The molecule has 3 rings (SSSR count). The molecule has 4 N–H and O–H groups in total. The summed E-state index contributed by atoms with van der Waals surface area (Å²) in [6.07, 6.45) is -2.60. The number of Topliss-reactive ketones (excluding diaryl/α,β-unsaturated/α-hetero) is 2. The van der Waals surface area contributed by atoms with Gasteiger partial charge in [-0.1, -0.05) is 0 Å². The van der Waals surface area contributed by atoms with Crippen molar-refractivity contribution in [1.82, 2.24) is 0 Å². The molecule has 0 unspecified atom stereocenters. The maximum Gasteiger partial charge on any atom is 0.397 e. The fourth-order valence-corrected chi connectivity index (χ4v) is 4.56. The van der Waals surface area contributed by atoms with Gasteiger partial charge < -0.3 is 20.1 Å². The number of phenols is 1. The largest absolute Gasteiger partial charge is 0.507 e. The zero-order valence-electron chi connectivity index (χ0n) is 15.1. The third-order valence-electron chi connectivity index (χ3n) is 4.92. The van der Waals surface area contributed by atoms with Crippen LogP contribution in [0, 0.1) is 0 Å². The number of benzene rings is 1. The van der Waals surface area contributed by atoms with Crippen LogP contribution >= 0.6 is 0 Å². The van der Waals surface area contributed by atoms with Gasteiger partial charge in [0, 0.05) is 29.2 Å². The van der Waals surface area contributed by atoms with Crippen LogP contribution < -0.4 is 4.74 Å². The number of hydrogen-bond acceptors (Lipinski definition) is 9. The lowest BCUT2D eigenvalue weighted by Gasteiger charge is -2.46. The Bertz CT molecular complexity index is 1040. The van der Waals surface area contributed by atoms with E-state index in [4.69, 9.17) is 9.29 Å². The minimum Gasteiger partial charge on any atom is -0.507 e. The van der Waals surface area contributed by atoms with E-state index in [1.807, 2.05) is 0 Å². The summed E-state index contributed by atoms with van der Waals surface area (Å²) in [6, 6.07) is 2.30. The van der Waals surface area contributed by atoms with Gasteiger partial charge in [-0.25, -0.2) is 4.18 Å². The van der Waals surface area contributed by atoms with Gasteiger partial charge in [-0.2, -0.15) is 8.42 Å². The van der Waals surface area contributed by atoms with Crippen molar-refractivity contribution in [2.45, 2.75) is 37.6 Å². The van der Waals surface area contributed by atoms with E-state index in [2.05, 4.69) is 4.18 Å². The Labute approximate surface area is 160 Å². The van der Waals surface area contributed by atoms with Gasteiger partial charge >= 0.3 is 10.4 Å². The first kappa shape index (κ1) is 20.4. The fraction of sp³-hybridized carbons (Fsp3) is 0.412. The van der Waals surface area contributed by atoms with Crippen molar-refractivity contribution in [2.75, 3.05) is 7.11 Å². The summed E-state index contributed by atoms with van der Waals surface area (Å²) in [7, 11) is -3.79. The van der Waals surface area contributed by atoms with Crippen molar-refractivity contribution in [1.29, 1.82) is 0 Å². The second kappa shape index (κ2) is 6.09. The topological polar surface area (TPSA) is 168 Å². The van der Waals surface area contributed by atoms with Crippen LogP contribution in [-0.4, -0.2) is 64.3 Å². The summed E-state index contributed by atoms with van der Waals surface area (Å²) in [4.78, 5) is 26.0. The highest BCUT2D eigenvalue weighted by atomic mass is 32.3. The van der Waals surface area contributed by atoms with Gasteiger partial charge in [-0.15, -0.1) is 0 Å². The van der Waals surface area contributed by atoms with Gasteiger partial charge in [0.25, 0.3) is 0 Å². The monoisotopic (exact) mass is 414 g/mol. The Morgan fingerprint density at radius 3 is 2.32 bits per heavy atom. The lowest BCUT2D eigenvalue weighted by Crippen LogP contribution is -2.58. The molecule has 10 nitrogen and oxygen atoms in total. The second-order valence-electron chi connectivity index (χ2n) is 7.19. The molecular formula is C17H18O10S. The number of phenolic OH excluding ortho intramolecular Hbond substituents is 1. The summed E-state index contributed by atoms with van der Waals surface area (Å²) >= 11 is 0. The molecule has 0 radical (unpaired) electrons. The van der Waals surface area contributed by atoms with Crippen LogP contribution in [0.4, 0.5) is 0 Å². The molecule has 2 aliphatic rings. The Morgan fingerprint density at radius 1 is 1.18 bits per heavy atom. The van der Waals surface area contributed by atoms with E-state index in [0.717, 1.165) is 19.9 Å². The smallest absolute Gasteiger partial charge is 0.397 e. The summed E-state index contributed by atoms with van der Waals surface area (Å²) < 4.78 is 41.0. The minimum atomic E-state index is -5.06. The van der Waals surface area contributed by atoms with E-state index in [1.54, 1.807) is 0 Å². The highest BCUT2D eigenvalue weighted by Crippen LogP contribution is 2.48. The molecule has 11 heteroatoms. The van der Waals surface area contributed by atoms with Gasteiger partial charge in [-0.05, 0) is 19.9 Å². The molecule has 0 aliphatic heterocycles. The summed E-state index contributed by atoms with van der Waals surface area (Å²) in [6.45, 7) is 2.20.